The van der Waals surface area contributed by atoms with Crippen molar-refractivity contribution in [1.82, 2.24) is 15.3 Å². The van der Waals surface area contributed by atoms with E-state index in [-0.39, 0.29) is 30.3 Å². The molecule has 12 heteroatoms. The first kappa shape index (κ1) is 23.9. The van der Waals surface area contributed by atoms with E-state index in [2.05, 4.69) is 15.3 Å². The molecule has 0 fully saturated rings. The van der Waals surface area contributed by atoms with Gasteiger partial charge in [0, 0.05) is 23.1 Å². The molecule has 0 saturated carbocycles. The van der Waals surface area contributed by atoms with Crippen LogP contribution in [0.5, 0.6) is 0 Å². The Bertz CT molecular complexity index is 1250. The molecule has 7 N–H and O–H groups in total. The van der Waals surface area contributed by atoms with Crippen LogP contribution < -0.4 is 21.7 Å². The lowest BCUT2D eigenvalue weighted by atomic mass is 10.1. The summed E-state index contributed by atoms with van der Waals surface area (Å²) in [6.07, 6.45) is -0.0137. The molecule has 0 aliphatic heterocycles. The van der Waals surface area contributed by atoms with Crippen molar-refractivity contribution in [2.45, 2.75) is 25.4 Å². The van der Waals surface area contributed by atoms with Crippen molar-refractivity contribution in [3.63, 3.8) is 0 Å². The number of fused-ring (bicyclic) bond motifs is 1. The zero-order valence-corrected chi connectivity index (χ0v) is 17.8. The van der Waals surface area contributed by atoms with E-state index in [4.69, 9.17) is 16.6 Å². The summed E-state index contributed by atoms with van der Waals surface area (Å²) in [5.74, 6) is -2.88. The van der Waals surface area contributed by atoms with Crippen LogP contribution in [-0.4, -0.2) is 50.5 Å². The van der Waals surface area contributed by atoms with Gasteiger partial charge in [0.1, 0.15) is 11.9 Å². The molecule has 1 aromatic heterocycles. The quantitative estimate of drug-likeness (QED) is 0.268. The van der Waals surface area contributed by atoms with Gasteiger partial charge in [-0.05, 0) is 48.4 Å². The minimum atomic E-state index is -1.34. The third-order valence-corrected chi connectivity index (χ3v) is 5.00. The Morgan fingerprint density at radius 2 is 1.76 bits per heavy atom. The number of benzene rings is 2. The van der Waals surface area contributed by atoms with Crippen molar-refractivity contribution >= 4 is 52.6 Å². The van der Waals surface area contributed by atoms with Gasteiger partial charge in [-0.25, -0.2) is 9.78 Å². The minimum Gasteiger partial charge on any atom is -0.481 e. The van der Waals surface area contributed by atoms with E-state index >= 15 is 0 Å². The number of hydrogen-bond donors (Lipinski definition) is 5. The topological polar surface area (TPSA) is 202 Å². The second kappa shape index (κ2) is 10.3. The van der Waals surface area contributed by atoms with Gasteiger partial charge in [0.15, 0.2) is 0 Å². The Labute approximate surface area is 193 Å². The van der Waals surface area contributed by atoms with E-state index in [1.807, 2.05) is 0 Å². The predicted octanol–water partition coefficient (Wildman–Crippen LogP) is 1.00. The first-order chi connectivity index (χ1) is 16.2. The van der Waals surface area contributed by atoms with Crippen LogP contribution in [0.15, 0.2) is 42.5 Å². The molecule has 0 aliphatic carbocycles. The summed E-state index contributed by atoms with van der Waals surface area (Å²) in [6, 6.07) is 9.86. The number of rotatable bonds is 10. The summed E-state index contributed by atoms with van der Waals surface area (Å²) >= 11 is 0. The van der Waals surface area contributed by atoms with Gasteiger partial charge in [-0.3, -0.25) is 14.4 Å². The first-order valence-corrected chi connectivity index (χ1v) is 10.1. The summed E-state index contributed by atoms with van der Waals surface area (Å²) in [5.41, 5.74) is 13.5. The molecule has 2 aromatic carbocycles. The highest BCUT2D eigenvalue weighted by Crippen LogP contribution is 2.23. The number of carbonyl (C=O) groups is 4. The molecule has 3 aromatic rings. The van der Waals surface area contributed by atoms with Crippen molar-refractivity contribution < 1.29 is 29.4 Å². The summed E-state index contributed by atoms with van der Waals surface area (Å²) in [4.78, 5) is 55.5. The maximum Gasteiger partial charge on any atom is 0.326 e. The van der Waals surface area contributed by atoms with Crippen LogP contribution in [0, 0.1) is 0 Å². The number of aromatic nitrogens is 2. The van der Waals surface area contributed by atoms with E-state index in [0.29, 0.717) is 23.0 Å². The van der Waals surface area contributed by atoms with Gasteiger partial charge >= 0.3 is 11.9 Å². The minimum absolute atomic E-state index is 0.0629. The molecule has 2 amide bonds. The van der Waals surface area contributed by atoms with E-state index in [9.17, 15) is 24.3 Å². The molecular formula is C22H22N6O6. The molecule has 12 nitrogen and oxygen atoms in total. The molecule has 0 saturated heterocycles. The van der Waals surface area contributed by atoms with Crippen molar-refractivity contribution in [2.24, 2.45) is 0 Å². The van der Waals surface area contributed by atoms with E-state index in [0.717, 1.165) is 5.56 Å². The van der Waals surface area contributed by atoms with Crippen molar-refractivity contribution in [3.05, 3.63) is 53.6 Å². The predicted molar refractivity (Wildman–Crippen MR) is 123 cm³/mol. The number of nitrogens with zero attached hydrogens (tertiary/aromatic N) is 3. The number of anilines is 3. The maximum absolute atomic E-state index is 12.4. The largest absolute Gasteiger partial charge is 0.481 e. The average molecular weight is 466 g/mol. The molecule has 0 radical (unpaired) electrons. The second-order valence-corrected chi connectivity index (χ2v) is 7.40. The molecule has 0 aliphatic rings. The lowest BCUT2D eigenvalue weighted by Gasteiger charge is -2.19. The number of hydrogen-bond acceptors (Lipinski definition) is 8. The highest BCUT2D eigenvalue weighted by atomic mass is 16.4. The van der Waals surface area contributed by atoms with Crippen LogP contribution in [0.3, 0.4) is 0 Å². The van der Waals surface area contributed by atoms with Gasteiger partial charge in [-0.1, -0.05) is 6.07 Å². The van der Waals surface area contributed by atoms with Crippen molar-refractivity contribution in [3.8, 4) is 0 Å². The number of carboxylic acid groups (broad SMARTS) is 2. The van der Waals surface area contributed by atoms with Gasteiger partial charge in [-0.15, -0.1) is 0 Å². The van der Waals surface area contributed by atoms with Crippen molar-refractivity contribution in [1.29, 1.82) is 0 Å². The zero-order chi connectivity index (χ0) is 24.8. The number of nitrogens with one attached hydrogen (secondary N) is 1. The number of amides is 2. The van der Waals surface area contributed by atoms with Crippen LogP contribution in [-0.2, 0) is 20.9 Å². The molecule has 176 valence electrons. The Morgan fingerprint density at radius 3 is 2.38 bits per heavy atom. The molecule has 3 rings (SSSR count). The van der Waals surface area contributed by atoms with Crippen molar-refractivity contribution in [2.75, 3.05) is 16.4 Å². The third kappa shape index (κ3) is 5.73. The summed E-state index contributed by atoms with van der Waals surface area (Å²) < 4.78 is 0. The van der Waals surface area contributed by atoms with Crippen LogP contribution in [0.25, 0.3) is 10.9 Å². The number of carbonyl (C=O) groups excluding carboxylic acids is 2. The molecule has 0 spiro atoms. The number of carboxylic acids is 2. The average Bonchev–Trinajstić information content (AvgIpc) is 2.80. The number of nitrogen functional groups attached to an aromatic ring is 2. The van der Waals surface area contributed by atoms with Gasteiger partial charge < -0.3 is 31.9 Å². The molecule has 1 heterocycles. The molecule has 1 atom stereocenters. The maximum atomic E-state index is 12.4. The Balaban J connectivity index is 1.72. The Kier molecular flexibility index (Phi) is 7.21. The lowest BCUT2D eigenvalue weighted by molar-refractivity contribution is -0.140. The van der Waals surface area contributed by atoms with Gasteiger partial charge in [0.25, 0.3) is 5.91 Å². The highest BCUT2D eigenvalue weighted by Gasteiger charge is 2.21. The van der Waals surface area contributed by atoms with Crippen LogP contribution in [0.2, 0.25) is 0 Å². The molecule has 34 heavy (non-hydrogen) atoms. The Hall–Kier alpha value is -4.74. The summed E-state index contributed by atoms with van der Waals surface area (Å²) in [7, 11) is 0. The summed E-state index contributed by atoms with van der Waals surface area (Å²) in [5, 5.41) is 20.8. The second-order valence-electron chi connectivity index (χ2n) is 7.40. The normalized spacial score (nSPS) is 11.5. The van der Waals surface area contributed by atoms with E-state index < -0.39 is 30.3 Å². The van der Waals surface area contributed by atoms with Gasteiger partial charge in [-0.2, -0.15) is 4.98 Å². The smallest absolute Gasteiger partial charge is 0.326 e. The number of aliphatic carboxylic acids is 2. The van der Waals surface area contributed by atoms with E-state index in [1.165, 1.54) is 29.2 Å². The lowest BCUT2D eigenvalue weighted by Crippen LogP contribution is -2.41. The third-order valence-electron chi connectivity index (χ3n) is 5.00. The van der Waals surface area contributed by atoms with Crippen LogP contribution in [0.1, 0.15) is 28.8 Å². The fraction of sp³-hybridized carbons (Fsp3) is 0.182. The van der Waals surface area contributed by atoms with Crippen LogP contribution >= 0.6 is 0 Å². The van der Waals surface area contributed by atoms with Gasteiger partial charge in [0.05, 0.1) is 12.1 Å². The SMILES string of the molecule is Nc1nc(N)c2cc(CN(C=O)c3ccc(C(=O)N[C@@H](CCC(=O)O)C(=O)O)cc3)ccc2n1. The molecule has 0 unspecified atom stereocenters. The monoisotopic (exact) mass is 466 g/mol. The Morgan fingerprint density at radius 1 is 1.06 bits per heavy atom. The summed E-state index contributed by atoms with van der Waals surface area (Å²) in [6.45, 7) is 0.199. The zero-order valence-electron chi connectivity index (χ0n) is 17.8. The standard InChI is InChI=1S/C22H22N6O6/c23-19-15-9-12(1-6-16(15)26-22(24)27-19)10-28(11-29)14-4-2-13(3-5-14)20(32)25-17(21(33)34)7-8-18(30)31/h1-6,9,11,17H,7-8,10H2,(H,25,32)(H,30,31)(H,33,34)(H4,23,24,26,27)/t17-/m0/s1. The fourth-order valence-corrected chi connectivity index (χ4v) is 3.27. The first-order valence-electron chi connectivity index (χ1n) is 10.1. The number of nitrogens with two attached hydrogens (primary N) is 2. The van der Waals surface area contributed by atoms with Crippen LogP contribution in [0.4, 0.5) is 17.5 Å². The molecular weight excluding hydrogens is 444 g/mol. The highest BCUT2D eigenvalue weighted by molar-refractivity contribution is 5.97. The van der Waals surface area contributed by atoms with E-state index in [1.54, 1.807) is 18.2 Å². The van der Waals surface area contributed by atoms with Gasteiger partial charge in [0.2, 0.25) is 12.4 Å². The fourth-order valence-electron chi connectivity index (χ4n) is 3.27. The molecule has 0 bridgehead atoms.